The van der Waals surface area contributed by atoms with Gasteiger partial charge in [-0.15, -0.1) is 0 Å². The Morgan fingerprint density at radius 1 is 1.40 bits per heavy atom. The topological polar surface area (TPSA) is 24.5 Å². The predicted molar refractivity (Wildman–Crippen MR) is 62.1 cm³/mol. The molecule has 0 radical (unpaired) electrons. The lowest BCUT2D eigenvalue weighted by Gasteiger charge is -2.26. The average molecular weight is 212 g/mol. The van der Waals surface area contributed by atoms with Crippen molar-refractivity contribution in [3.63, 3.8) is 0 Å². The second-order valence-corrected chi connectivity index (χ2v) is 4.97. The molecule has 0 spiro atoms. The SMILES string of the molecule is CC1OCCC1NCC(C)N1CCCC1. The van der Waals surface area contributed by atoms with Gasteiger partial charge in [-0.3, -0.25) is 4.90 Å². The molecule has 3 atom stereocenters. The number of hydrogen-bond acceptors (Lipinski definition) is 3. The summed E-state index contributed by atoms with van der Waals surface area (Å²) in [5.74, 6) is 0. The molecule has 88 valence electrons. The first-order valence-electron chi connectivity index (χ1n) is 6.36. The number of hydrogen-bond donors (Lipinski definition) is 1. The lowest BCUT2D eigenvalue weighted by atomic mass is 10.1. The van der Waals surface area contributed by atoms with Gasteiger partial charge in [-0.2, -0.15) is 0 Å². The summed E-state index contributed by atoms with van der Waals surface area (Å²) in [4.78, 5) is 2.59. The maximum Gasteiger partial charge on any atom is 0.0700 e. The van der Waals surface area contributed by atoms with E-state index in [0.717, 1.165) is 13.2 Å². The van der Waals surface area contributed by atoms with Gasteiger partial charge in [-0.1, -0.05) is 0 Å². The fourth-order valence-corrected chi connectivity index (χ4v) is 2.63. The van der Waals surface area contributed by atoms with Crippen LogP contribution in [0.3, 0.4) is 0 Å². The zero-order chi connectivity index (χ0) is 10.7. The van der Waals surface area contributed by atoms with Crippen LogP contribution in [-0.4, -0.2) is 49.3 Å². The molecule has 3 heteroatoms. The van der Waals surface area contributed by atoms with Crippen molar-refractivity contribution in [3.8, 4) is 0 Å². The first-order valence-corrected chi connectivity index (χ1v) is 6.36. The van der Waals surface area contributed by atoms with Crippen LogP contribution in [0.25, 0.3) is 0 Å². The van der Waals surface area contributed by atoms with Crippen LogP contribution in [0, 0.1) is 0 Å². The Morgan fingerprint density at radius 2 is 2.13 bits per heavy atom. The first-order chi connectivity index (χ1) is 7.27. The minimum atomic E-state index is 0.399. The molecule has 2 aliphatic rings. The van der Waals surface area contributed by atoms with E-state index < -0.39 is 0 Å². The maximum absolute atomic E-state index is 5.55. The van der Waals surface area contributed by atoms with E-state index >= 15 is 0 Å². The van der Waals surface area contributed by atoms with Crippen molar-refractivity contribution in [2.75, 3.05) is 26.2 Å². The van der Waals surface area contributed by atoms with Crippen LogP contribution in [0.15, 0.2) is 0 Å². The van der Waals surface area contributed by atoms with E-state index in [1.807, 2.05) is 0 Å². The summed E-state index contributed by atoms with van der Waals surface area (Å²) in [5, 5.41) is 3.64. The molecule has 2 aliphatic heterocycles. The van der Waals surface area contributed by atoms with Crippen molar-refractivity contribution in [2.45, 2.75) is 51.3 Å². The van der Waals surface area contributed by atoms with Gasteiger partial charge in [0.15, 0.2) is 0 Å². The largest absolute Gasteiger partial charge is 0.377 e. The van der Waals surface area contributed by atoms with E-state index in [-0.39, 0.29) is 0 Å². The molecule has 0 bridgehead atoms. The van der Waals surface area contributed by atoms with E-state index in [2.05, 4.69) is 24.1 Å². The molecule has 2 rings (SSSR count). The number of nitrogens with zero attached hydrogens (tertiary/aromatic N) is 1. The second-order valence-electron chi connectivity index (χ2n) is 4.97. The Hall–Kier alpha value is -0.120. The predicted octanol–water partition coefficient (Wildman–Crippen LogP) is 1.24. The normalized spacial score (nSPS) is 34.8. The standard InChI is InChI=1S/C12H24N2O/c1-10(14-6-3-4-7-14)9-13-12-5-8-15-11(12)2/h10-13H,3-9H2,1-2H3. The van der Waals surface area contributed by atoms with E-state index in [9.17, 15) is 0 Å². The smallest absolute Gasteiger partial charge is 0.0700 e. The van der Waals surface area contributed by atoms with Crippen LogP contribution < -0.4 is 5.32 Å². The Kier molecular flexibility index (Phi) is 4.00. The van der Waals surface area contributed by atoms with Gasteiger partial charge in [0.25, 0.3) is 0 Å². The summed E-state index contributed by atoms with van der Waals surface area (Å²) in [5.41, 5.74) is 0. The van der Waals surface area contributed by atoms with Crippen LogP contribution in [0.4, 0.5) is 0 Å². The third kappa shape index (κ3) is 2.92. The van der Waals surface area contributed by atoms with Gasteiger partial charge in [-0.25, -0.2) is 0 Å². The summed E-state index contributed by atoms with van der Waals surface area (Å²) in [6.07, 6.45) is 4.34. The van der Waals surface area contributed by atoms with Crippen molar-refractivity contribution >= 4 is 0 Å². The molecule has 2 heterocycles. The molecule has 3 unspecified atom stereocenters. The molecule has 0 aromatic rings. The van der Waals surface area contributed by atoms with E-state index in [1.165, 1.54) is 32.4 Å². The van der Waals surface area contributed by atoms with E-state index in [1.54, 1.807) is 0 Å². The third-order valence-corrected chi connectivity index (χ3v) is 3.82. The molecule has 0 aromatic carbocycles. The number of likely N-dealkylation sites (tertiary alicyclic amines) is 1. The zero-order valence-electron chi connectivity index (χ0n) is 10.0. The first kappa shape index (κ1) is 11.4. The Labute approximate surface area is 93.2 Å². The summed E-state index contributed by atoms with van der Waals surface area (Å²) < 4.78 is 5.55. The highest BCUT2D eigenvalue weighted by molar-refractivity contribution is 4.82. The van der Waals surface area contributed by atoms with Gasteiger partial charge in [0, 0.05) is 25.2 Å². The van der Waals surface area contributed by atoms with Crippen LogP contribution in [-0.2, 0) is 4.74 Å². The number of ether oxygens (including phenoxy) is 1. The molecule has 3 nitrogen and oxygen atoms in total. The van der Waals surface area contributed by atoms with Crippen LogP contribution in [0.1, 0.15) is 33.1 Å². The summed E-state index contributed by atoms with van der Waals surface area (Å²) in [6, 6.07) is 1.26. The van der Waals surface area contributed by atoms with E-state index in [0.29, 0.717) is 18.2 Å². The molecule has 0 saturated carbocycles. The van der Waals surface area contributed by atoms with Crippen molar-refractivity contribution in [1.29, 1.82) is 0 Å². The van der Waals surface area contributed by atoms with Gasteiger partial charge in [0.1, 0.15) is 0 Å². The molecule has 0 aromatic heterocycles. The van der Waals surface area contributed by atoms with Crippen molar-refractivity contribution < 1.29 is 4.74 Å². The lowest BCUT2D eigenvalue weighted by molar-refractivity contribution is 0.111. The molecule has 0 amide bonds. The fraction of sp³-hybridized carbons (Fsp3) is 1.00. The van der Waals surface area contributed by atoms with Gasteiger partial charge < -0.3 is 10.1 Å². The Bertz CT molecular complexity index is 192. The zero-order valence-corrected chi connectivity index (χ0v) is 10.0. The quantitative estimate of drug-likeness (QED) is 0.759. The molecular formula is C12H24N2O. The lowest BCUT2D eigenvalue weighted by Crippen LogP contribution is -2.44. The van der Waals surface area contributed by atoms with Crippen molar-refractivity contribution in [2.24, 2.45) is 0 Å². The van der Waals surface area contributed by atoms with Gasteiger partial charge in [0.2, 0.25) is 0 Å². The highest BCUT2D eigenvalue weighted by Crippen LogP contribution is 2.14. The molecule has 2 fully saturated rings. The van der Waals surface area contributed by atoms with Crippen LogP contribution in [0.2, 0.25) is 0 Å². The molecule has 2 saturated heterocycles. The van der Waals surface area contributed by atoms with Crippen molar-refractivity contribution in [1.82, 2.24) is 10.2 Å². The monoisotopic (exact) mass is 212 g/mol. The van der Waals surface area contributed by atoms with Gasteiger partial charge in [0.05, 0.1) is 6.10 Å². The highest BCUT2D eigenvalue weighted by atomic mass is 16.5. The minimum absolute atomic E-state index is 0.399. The highest BCUT2D eigenvalue weighted by Gasteiger charge is 2.25. The minimum Gasteiger partial charge on any atom is -0.377 e. The molecule has 1 N–H and O–H groups in total. The Balaban J connectivity index is 1.67. The molecular weight excluding hydrogens is 188 g/mol. The fourth-order valence-electron chi connectivity index (χ4n) is 2.63. The maximum atomic E-state index is 5.55. The summed E-state index contributed by atoms with van der Waals surface area (Å²) >= 11 is 0. The Morgan fingerprint density at radius 3 is 2.73 bits per heavy atom. The average Bonchev–Trinajstić information content (AvgIpc) is 2.85. The van der Waals surface area contributed by atoms with Gasteiger partial charge in [-0.05, 0) is 46.2 Å². The van der Waals surface area contributed by atoms with Crippen molar-refractivity contribution in [3.05, 3.63) is 0 Å². The third-order valence-electron chi connectivity index (χ3n) is 3.82. The summed E-state index contributed by atoms with van der Waals surface area (Å²) in [6.45, 7) is 9.12. The number of rotatable bonds is 4. The number of nitrogens with one attached hydrogen (secondary N) is 1. The summed E-state index contributed by atoms with van der Waals surface area (Å²) in [7, 11) is 0. The molecule has 15 heavy (non-hydrogen) atoms. The van der Waals surface area contributed by atoms with Gasteiger partial charge >= 0.3 is 0 Å². The second kappa shape index (κ2) is 5.28. The van der Waals surface area contributed by atoms with E-state index in [4.69, 9.17) is 4.74 Å². The van der Waals surface area contributed by atoms with Crippen LogP contribution in [0.5, 0.6) is 0 Å². The van der Waals surface area contributed by atoms with Crippen LogP contribution >= 0.6 is 0 Å². The molecule has 0 aliphatic carbocycles.